The van der Waals surface area contributed by atoms with Gasteiger partial charge in [0, 0.05) is 38.2 Å². The lowest BCUT2D eigenvalue weighted by Gasteiger charge is -2.33. The van der Waals surface area contributed by atoms with Gasteiger partial charge < -0.3 is 25.6 Å². The zero-order chi connectivity index (χ0) is 33.2. The molecule has 1 saturated carbocycles. The van der Waals surface area contributed by atoms with Gasteiger partial charge >= 0.3 is 0 Å². The van der Waals surface area contributed by atoms with Gasteiger partial charge in [0.25, 0.3) is 11.8 Å². The van der Waals surface area contributed by atoms with E-state index in [-0.39, 0.29) is 48.1 Å². The van der Waals surface area contributed by atoms with Gasteiger partial charge in [0.05, 0.1) is 36.0 Å². The maximum Gasteiger partial charge on any atom is 0.272 e. The van der Waals surface area contributed by atoms with Crippen LogP contribution in [0.5, 0.6) is 5.75 Å². The minimum Gasteiger partial charge on any atom is -0.494 e. The van der Waals surface area contributed by atoms with E-state index in [4.69, 9.17) is 4.74 Å². The molecule has 14 nitrogen and oxygen atoms in total. The number of aromatic nitrogens is 3. The van der Waals surface area contributed by atoms with Crippen molar-refractivity contribution in [2.75, 3.05) is 49.7 Å². The molecule has 3 heterocycles. The van der Waals surface area contributed by atoms with E-state index in [2.05, 4.69) is 31.1 Å². The molecule has 2 aromatic heterocycles. The van der Waals surface area contributed by atoms with Gasteiger partial charge in [0.2, 0.25) is 15.9 Å². The fourth-order valence-corrected chi connectivity index (χ4v) is 6.85. The van der Waals surface area contributed by atoms with Gasteiger partial charge in [0.15, 0.2) is 17.3 Å². The average Bonchev–Trinajstić information content (AvgIpc) is 3.76. The zero-order valence-electron chi connectivity index (χ0n) is 26.4. The lowest BCUT2D eigenvalue weighted by molar-refractivity contribution is -0.117. The number of carbonyl (C=O) groups is 3. The Bertz CT molecular complexity index is 1760. The highest BCUT2D eigenvalue weighted by atomic mass is 32.2. The smallest absolute Gasteiger partial charge is 0.272 e. The molecule has 0 radical (unpaired) electrons. The standard InChI is InChI=1S/C27H35B3N8O6S2/c1-3-46(42,43)38-11-9-37(10-12-38)26(41)19-14-31-25(45-19)16-5-4-6-17(22(16)44-2)32-18-13-20(33-23(39)15-7-8-15)35-36-21(18)24(40)34-27(28,29)30/h4-6,13-15H,3,7-12,28-30H2,1-2H3,(H,34,40)(H2,32,33,35,39). The molecular weight excluding hydrogens is 629 g/mol. The number of hydrogen-bond acceptors (Lipinski definition) is 11. The van der Waals surface area contributed by atoms with Crippen molar-refractivity contribution in [2.24, 2.45) is 5.92 Å². The van der Waals surface area contributed by atoms with E-state index in [9.17, 15) is 22.8 Å². The molecule has 240 valence electrons. The third kappa shape index (κ3) is 7.70. The first kappa shape index (κ1) is 33.4. The van der Waals surface area contributed by atoms with Crippen molar-refractivity contribution in [1.29, 1.82) is 0 Å². The van der Waals surface area contributed by atoms with Crippen LogP contribution in [-0.2, 0) is 14.8 Å². The van der Waals surface area contributed by atoms with E-state index >= 15 is 0 Å². The van der Waals surface area contributed by atoms with Gasteiger partial charge in [-0.05, 0) is 37.1 Å². The molecule has 3 amide bonds. The largest absolute Gasteiger partial charge is 0.494 e. The molecule has 0 unspecified atom stereocenters. The Morgan fingerprint density at radius 2 is 1.80 bits per heavy atom. The molecule has 1 aliphatic heterocycles. The van der Waals surface area contributed by atoms with Crippen LogP contribution in [0.15, 0.2) is 30.5 Å². The van der Waals surface area contributed by atoms with E-state index in [1.54, 1.807) is 30.0 Å². The number of piperazine rings is 1. The molecule has 46 heavy (non-hydrogen) atoms. The van der Waals surface area contributed by atoms with Gasteiger partial charge in [-0.15, -0.1) is 21.5 Å². The number of anilines is 3. The van der Waals surface area contributed by atoms with E-state index in [0.29, 0.717) is 45.7 Å². The Hall–Kier alpha value is -3.96. The highest BCUT2D eigenvalue weighted by molar-refractivity contribution is 7.89. The van der Waals surface area contributed by atoms with Crippen LogP contribution in [0, 0.1) is 5.92 Å². The van der Waals surface area contributed by atoms with Gasteiger partial charge in [0.1, 0.15) is 33.4 Å². The quantitative estimate of drug-likeness (QED) is 0.217. The number of hydrogen-bond donors (Lipinski definition) is 3. The van der Waals surface area contributed by atoms with Crippen molar-refractivity contribution in [3.05, 3.63) is 41.0 Å². The van der Waals surface area contributed by atoms with Gasteiger partial charge in [-0.25, -0.2) is 13.4 Å². The molecular formula is C27H35B3N8O6S2. The molecule has 0 atom stereocenters. The van der Waals surface area contributed by atoms with Crippen molar-refractivity contribution in [1.82, 2.24) is 29.7 Å². The first-order chi connectivity index (χ1) is 21.8. The predicted molar refractivity (Wildman–Crippen MR) is 184 cm³/mol. The molecule has 3 N–H and O–H groups in total. The maximum absolute atomic E-state index is 13.3. The number of ether oxygens (including phenoxy) is 1. The highest BCUT2D eigenvalue weighted by Gasteiger charge is 2.31. The summed E-state index contributed by atoms with van der Waals surface area (Å²) >= 11 is 1.20. The van der Waals surface area contributed by atoms with Crippen LogP contribution >= 0.6 is 11.3 Å². The van der Waals surface area contributed by atoms with Gasteiger partial charge in [-0.2, -0.15) is 4.31 Å². The van der Waals surface area contributed by atoms with Crippen molar-refractivity contribution >= 4 is 79.8 Å². The minimum absolute atomic E-state index is 0.0240. The SMILES string of the molecule is BC(B)(B)NC(=O)c1nnc(NC(=O)C2CC2)cc1Nc1cccc(-c2ncc(C(=O)N3CCN(S(=O)(=O)CC)CC3)s2)c1OC. The van der Waals surface area contributed by atoms with Crippen LogP contribution in [-0.4, -0.2) is 118 Å². The van der Waals surface area contributed by atoms with Crippen LogP contribution in [0.25, 0.3) is 10.6 Å². The van der Waals surface area contributed by atoms with Crippen molar-refractivity contribution < 1.29 is 27.5 Å². The summed E-state index contributed by atoms with van der Waals surface area (Å²) in [5.74, 6) is -0.215. The van der Waals surface area contributed by atoms with Crippen LogP contribution < -0.4 is 20.7 Å². The lowest BCUT2D eigenvalue weighted by atomic mass is 9.49. The third-order valence-electron chi connectivity index (χ3n) is 7.42. The first-order valence-electron chi connectivity index (χ1n) is 15.0. The summed E-state index contributed by atoms with van der Waals surface area (Å²) in [6.07, 6.45) is 3.16. The molecule has 0 bridgehead atoms. The normalized spacial score (nSPS) is 15.7. The number of nitrogens with zero attached hydrogens (tertiary/aromatic N) is 5. The molecule has 1 saturated heterocycles. The number of rotatable bonds is 11. The van der Waals surface area contributed by atoms with Crippen LogP contribution in [0.2, 0.25) is 0 Å². The van der Waals surface area contributed by atoms with Crippen LogP contribution in [0.4, 0.5) is 17.2 Å². The molecule has 3 aromatic rings. The van der Waals surface area contributed by atoms with Crippen LogP contribution in [0.3, 0.4) is 0 Å². The minimum atomic E-state index is -3.31. The van der Waals surface area contributed by atoms with E-state index in [1.165, 1.54) is 28.9 Å². The maximum atomic E-state index is 13.3. The van der Waals surface area contributed by atoms with E-state index in [1.807, 2.05) is 29.6 Å². The third-order valence-corrected chi connectivity index (χ3v) is 10.3. The number of methoxy groups -OCH3 is 1. The summed E-state index contributed by atoms with van der Waals surface area (Å²) in [7, 11) is 3.76. The van der Waals surface area contributed by atoms with Crippen molar-refractivity contribution in [2.45, 2.75) is 25.0 Å². The number of nitrogens with one attached hydrogen (secondary N) is 3. The molecule has 19 heteroatoms. The Morgan fingerprint density at radius 1 is 1.09 bits per heavy atom. The van der Waals surface area contributed by atoms with E-state index in [0.717, 1.165) is 12.8 Å². The second kappa shape index (κ2) is 13.4. The summed E-state index contributed by atoms with van der Waals surface area (Å²) in [5.41, 5.74) is 1.44. The van der Waals surface area contributed by atoms with Gasteiger partial charge in [-0.3, -0.25) is 14.4 Å². The number of benzene rings is 1. The zero-order valence-corrected chi connectivity index (χ0v) is 28.0. The number of sulfonamides is 1. The second-order valence-electron chi connectivity index (χ2n) is 12.1. The summed E-state index contributed by atoms with van der Waals surface area (Å²) in [4.78, 5) is 45.5. The van der Waals surface area contributed by atoms with Gasteiger partial charge in [-0.1, -0.05) is 6.07 Å². The first-order valence-corrected chi connectivity index (χ1v) is 17.4. The summed E-state index contributed by atoms with van der Waals surface area (Å²) in [5, 5.41) is 17.1. The second-order valence-corrected chi connectivity index (χ2v) is 15.4. The summed E-state index contributed by atoms with van der Waals surface area (Å²) in [6, 6.07) is 6.92. The highest BCUT2D eigenvalue weighted by Crippen LogP contribution is 2.40. The fourth-order valence-electron chi connectivity index (χ4n) is 4.86. The molecule has 2 aliphatic rings. The number of amides is 3. The number of thiazole rings is 1. The monoisotopic (exact) mass is 664 g/mol. The Labute approximate surface area is 274 Å². The molecule has 5 rings (SSSR count). The Morgan fingerprint density at radius 3 is 2.43 bits per heavy atom. The molecule has 0 spiro atoms. The lowest BCUT2D eigenvalue weighted by Crippen LogP contribution is -2.50. The van der Waals surface area contributed by atoms with E-state index < -0.39 is 21.2 Å². The molecule has 1 aromatic carbocycles. The van der Waals surface area contributed by atoms with Crippen molar-refractivity contribution in [3.63, 3.8) is 0 Å². The number of para-hydroxylation sites is 1. The summed E-state index contributed by atoms with van der Waals surface area (Å²) < 4.78 is 31.6. The molecule has 1 aliphatic carbocycles. The average molecular weight is 664 g/mol. The Balaban J connectivity index is 1.40. The Kier molecular flexibility index (Phi) is 9.74. The molecule has 2 fully saturated rings. The van der Waals surface area contributed by atoms with Crippen molar-refractivity contribution in [3.8, 4) is 16.3 Å². The fraction of sp³-hybridized carbons (Fsp3) is 0.407. The number of carbonyl (C=O) groups excluding carboxylic acids is 3. The van der Waals surface area contributed by atoms with Crippen LogP contribution in [0.1, 0.15) is 39.9 Å². The summed E-state index contributed by atoms with van der Waals surface area (Å²) in [6.45, 7) is 2.69. The topological polar surface area (TPSA) is 176 Å². The predicted octanol–water partition coefficient (Wildman–Crippen LogP) is -0.951.